The topological polar surface area (TPSA) is 54.6 Å². The van der Waals surface area contributed by atoms with E-state index in [9.17, 15) is 4.79 Å². The summed E-state index contributed by atoms with van der Waals surface area (Å²) in [6.07, 6.45) is 2.41. The first kappa shape index (κ1) is 12.5. The predicted octanol–water partition coefficient (Wildman–Crippen LogP) is 2.62. The first-order valence-electron chi connectivity index (χ1n) is 5.53. The predicted molar refractivity (Wildman–Crippen MR) is 63.3 cm³/mol. The lowest BCUT2D eigenvalue weighted by molar-refractivity contribution is -0.121. The van der Waals surface area contributed by atoms with Crippen LogP contribution in [0.1, 0.15) is 44.6 Å². The molecule has 0 aliphatic heterocycles. The van der Waals surface area contributed by atoms with E-state index in [0.29, 0.717) is 17.9 Å². The zero-order valence-corrected chi connectivity index (χ0v) is 10.0. The number of nitrogens with one attached hydrogen (secondary N) is 1. The van der Waals surface area contributed by atoms with Crippen molar-refractivity contribution in [1.82, 2.24) is 5.43 Å². The number of hydrogen-bond acceptors (Lipinski definition) is 3. The minimum atomic E-state index is -0.0514. The molecule has 0 atom stereocenters. The lowest BCUT2D eigenvalue weighted by Gasteiger charge is -1.99. The van der Waals surface area contributed by atoms with Crippen LogP contribution in [0, 0.1) is 6.92 Å². The molecule has 1 aromatic heterocycles. The summed E-state index contributed by atoms with van der Waals surface area (Å²) < 4.78 is 5.38. The molecule has 4 nitrogen and oxygen atoms in total. The van der Waals surface area contributed by atoms with Crippen molar-refractivity contribution in [2.24, 2.45) is 5.10 Å². The Kier molecular flexibility index (Phi) is 4.76. The highest BCUT2D eigenvalue weighted by Gasteiger charge is 2.03. The molecule has 0 radical (unpaired) electrons. The Morgan fingerprint density at radius 3 is 2.81 bits per heavy atom. The zero-order valence-electron chi connectivity index (χ0n) is 10.0. The summed E-state index contributed by atoms with van der Waals surface area (Å²) in [5, 5.41) is 3.98. The molecular formula is C12H18N2O2. The van der Waals surface area contributed by atoms with E-state index >= 15 is 0 Å². The van der Waals surface area contributed by atoms with E-state index in [-0.39, 0.29) is 5.91 Å². The number of carbonyl (C=O) groups excluding carboxylic acids is 1. The largest absolute Gasteiger partial charge is 0.460 e. The molecule has 1 heterocycles. The maximum Gasteiger partial charge on any atom is 0.240 e. The summed E-state index contributed by atoms with van der Waals surface area (Å²) in [4.78, 5) is 11.3. The van der Waals surface area contributed by atoms with E-state index < -0.39 is 0 Å². The third kappa shape index (κ3) is 3.88. The molecule has 0 unspecified atom stereocenters. The second kappa shape index (κ2) is 6.10. The van der Waals surface area contributed by atoms with Gasteiger partial charge in [0.2, 0.25) is 5.91 Å². The van der Waals surface area contributed by atoms with Gasteiger partial charge >= 0.3 is 0 Å². The molecule has 4 heteroatoms. The van der Waals surface area contributed by atoms with Crippen molar-refractivity contribution in [1.29, 1.82) is 0 Å². The highest BCUT2D eigenvalue weighted by Crippen LogP contribution is 2.07. The van der Waals surface area contributed by atoms with Crippen LogP contribution < -0.4 is 5.43 Å². The lowest BCUT2D eigenvalue weighted by Crippen LogP contribution is -2.18. The highest BCUT2D eigenvalue weighted by molar-refractivity contribution is 5.96. The number of unbranched alkanes of at least 4 members (excludes halogenated alkanes) is 1. The number of rotatable bonds is 5. The Balaban J connectivity index is 2.48. The van der Waals surface area contributed by atoms with Gasteiger partial charge in [-0.25, -0.2) is 5.43 Å². The number of amides is 1. The Hall–Kier alpha value is -1.58. The van der Waals surface area contributed by atoms with Gasteiger partial charge in [0.1, 0.15) is 17.2 Å². The molecule has 0 fully saturated rings. The molecule has 0 saturated heterocycles. The van der Waals surface area contributed by atoms with Crippen molar-refractivity contribution in [3.63, 3.8) is 0 Å². The molecule has 0 spiro atoms. The lowest BCUT2D eigenvalue weighted by atomic mass is 10.2. The Morgan fingerprint density at radius 2 is 2.25 bits per heavy atom. The van der Waals surface area contributed by atoms with Gasteiger partial charge < -0.3 is 4.42 Å². The van der Waals surface area contributed by atoms with Crippen LogP contribution in [-0.2, 0) is 4.79 Å². The van der Waals surface area contributed by atoms with Crippen LogP contribution in [-0.4, -0.2) is 11.6 Å². The smallest absolute Gasteiger partial charge is 0.240 e. The van der Waals surface area contributed by atoms with Crippen molar-refractivity contribution < 1.29 is 9.21 Å². The quantitative estimate of drug-likeness (QED) is 0.615. The number of aryl methyl sites for hydroxylation is 1. The standard InChI is InChI=1S/C12H18N2O2/c1-4-5-6-12(15)14-13-10(3)11-8-7-9(2)16-11/h7-8H,4-6H2,1-3H3,(H,14,15). The van der Waals surface area contributed by atoms with Gasteiger partial charge in [-0.15, -0.1) is 0 Å². The van der Waals surface area contributed by atoms with E-state index in [1.807, 2.05) is 26.0 Å². The molecule has 0 aromatic carbocycles. The number of carbonyl (C=O) groups is 1. The highest BCUT2D eigenvalue weighted by atomic mass is 16.3. The Morgan fingerprint density at radius 1 is 1.50 bits per heavy atom. The Bertz CT molecular complexity index is 380. The molecule has 1 N–H and O–H groups in total. The van der Waals surface area contributed by atoms with Crippen LogP contribution >= 0.6 is 0 Å². The SMILES string of the molecule is CCCCC(=O)NN=C(C)c1ccc(C)o1. The third-order valence-corrected chi connectivity index (χ3v) is 2.20. The number of furan rings is 1. The van der Waals surface area contributed by atoms with E-state index in [1.165, 1.54) is 0 Å². The van der Waals surface area contributed by atoms with E-state index in [4.69, 9.17) is 4.42 Å². The first-order valence-corrected chi connectivity index (χ1v) is 5.53. The molecule has 1 aromatic rings. The summed E-state index contributed by atoms with van der Waals surface area (Å²) in [5.41, 5.74) is 3.19. The molecular weight excluding hydrogens is 204 g/mol. The first-order chi connectivity index (χ1) is 7.63. The van der Waals surface area contributed by atoms with Gasteiger partial charge in [0, 0.05) is 6.42 Å². The fraction of sp³-hybridized carbons (Fsp3) is 0.500. The fourth-order valence-electron chi connectivity index (χ4n) is 1.22. The summed E-state index contributed by atoms with van der Waals surface area (Å²) in [6.45, 7) is 5.72. The third-order valence-electron chi connectivity index (χ3n) is 2.20. The second-order valence-corrected chi connectivity index (χ2v) is 3.75. The van der Waals surface area contributed by atoms with Gasteiger partial charge in [0.25, 0.3) is 0 Å². The van der Waals surface area contributed by atoms with Crippen molar-refractivity contribution in [2.45, 2.75) is 40.0 Å². The van der Waals surface area contributed by atoms with Crippen LogP contribution in [0.3, 0.4) is 0 Å². The minimum absolute atomic E-state index is 0.0514. The van der Waals surface area contributed by atoms with E-state index in [2.05, 4.69) is 10.5 Å². The van der Waals surface area contributed by atoms with Crippen LogP contribution in [0.25, 0.3) is 0 Å². The van der Waals surface area contributed by atoms with E-state index in [1.54, 1.807) is 6.92 Å². The van der Waals surface area contributed by atoms with Crippen LogP contribution in [0.4, 0.5) is 0 Å². The van der Waals surface area contributed by atoms with Gasteiger partial charge in [-0.1, -0.05) is 13.3 Å². The summed E-state index contributed by atoms with van der Waals surface area (Å²) in [6, 6.07) is 3.71. The molecule has 16 heavy (non-hydrogen) atoms. The van der Waals surface area contributed by atoms with E-state index in [0.717, 1.165) is 18.6 Å². The average molecular weight is 222 g/mol. The van der Waals surface area contributed by atoms with Crippen molar-refractivity contribution in [3.8, 4) is 0 Å². The van der Waals surface area contributed by atoms with Gasteiger partial charge in [0.05, 0.1) is 0 Å². The molecule has 1 amide bonds. The maximum absolute atomic E-state index is 11.3. The average Bonchev–Trinajstić information content (AvgIpc) is 2.69. The summed E-state index contributed by atoms with van der Waals surface area (Å²) >= 11 is 0. The van der Waals surface area contributed by atoms with Gasteiger partial charge in [-0.3, -0.25) is 4.79 Å². The summed E-state index contributed by atoms with van der Waals surface area (Å²) in [5.74, 6) is 1.47. The van der Waals surface area contributed by atoms with Gasteiger partial charge in [-0.05, 0) is 32.4 Å². The van der Waals surface area contributed by atoms with Crippen LogP contribution in [0.5, 0.6) is 0 Å². The molecule has 0 aliphatic carbocycles. The number of hydrogen-bond donors (Lipinski definition) is 1. The molecule has 1 rings (SSSR count). The fourth-order valence-corrected chi connectivity index (χ4v) is 1.22. The Labute approximate surface area is 95.7 Å². The minimum Gasteiger partial charge on any atom is -0.460 e. The zero-order chi connectivity index (χ0) is 12.0. The molecule has 0 aliphatic rings. The second-order valence-electron chi connectivity index (χ2n) is 3.75. The van der Waals surface area contributed by atoms with Crippen molar-refractivity contribution in [3.05, 3.63) is 23.7 Å². The number of hydrazone groups is 1. The van der Waals surface area contributed by atoms with Gasteiger partial charge in [-0.2, -0.15) is 5.10 Å². The van der Waals surface area contributed by atoms with Crippen molar-refractivity contribution in [2.75, 3.05) is 0 Å². The van der Waals surface area contributed by atoms with Crippen LogP contribution in [0.2, 0.25) is 0 Å². The molecule has 88 valence electrons. The maximum atomic E-state index is 11.3. The van der Waals surface area contributed by atoms with Gasteiger partial charge in [0.15, 0.2) is 0 Å². The molecule has 0 bridgehead atoms. The van der Waals surface area contributed by atoms with Crippen molar-refractivity contribution >= 4 is 11.6 Å². The summed E-state index contributed by atoms with van der Waals surface area (Å²) in [7, 11) is 0. The number of nitrogens with zero attached hydrogens (tertiary/aromatic N) is 1. The monoisotopic (exact) mass is 222 g/mol. The van der Waals surface area contributed by atoms with Crippen LogP contribution in [0.15, 0.2) is 21.7 Å². The normalized spacial score (nSPS) is 11.6. The molecule has 0 saturated carbocycles.